The smallest absolute Gasteiger partial charge is 0.234 e. The Kier molecular flexibility index (Phi) is 3.53. The molecule has 0 atom stereocenters. The first-order valence-corrected chi connectivity index (χ1v) is 7.29. The molecule has 21 heavy (non-hydrogen) atoms. The molecule has 0 saturated heterocycles. The van der Waals surface area contributed by atoms with Crippen molar-refractivity contribution in [2.75, 3.05) is 12.4 Å². The molecule has 8 heteroatoms. The lowest BCUT2D eigenvalue weighted by Crippen LogP contribution is -1.98. The molecule has 0 bridgehead atoms. The fraction of sp³-hybridized carbons (Fsp3) is 0.231. The lowest BCUT2D eigenvalue weighted by atomic mass is 10.2. The van der Waals surface area contributed by atoms with Gasteiger partial charge >= 0.3 is 0 Å². The topological polar surface area (TPSA) is 88.8 Å². The van der Waals surface area contributed by atoms with E-state index in [-0.39, 0.29) is 5.88 Å². The van der Waals surface area contributed by atoms with E-state index in [9.17, 15) is 5.11 Å². The van der Waals surface area contributed by atoms with Gasteiger partial charge in [0.05, 0.1) is 6.54 Å². The Morgan fingerprint density at radius 2 is 2.24 bits per heavy atom. The minimum atomic E-state index is -0.0690. The van der Waals surface area contributed by atoms with Gasteiger partial charge in [0.25, 0.3) is 0 Å². The lowest BCUT2D eigenvalue weighted by molar-refractivity contribution is 0.459. The second-order valence-electron chi connectivity index (χ2n) is 4.30. The Morgan fingerprint density at radius 3 is 2.95 bits per heavy atom. The van der Waals surface area contributed by atoms with E-state index >= 15 is 0 Å². The molecule has 1 aromatic carbocycles. The van der Waals surface area contributed by atoms with Crippen LogP contribution in [0.5, 0.6) is 5.88 Å². The molecule has 0 saturated carbocycles. The van der Waals surface area contributed by atoms with Crippen molar-refractivity contribution in [2.24, 2.45) is 0 Å². The van der Waals surface area contributed by atoms with Crippen LogP contribution in [0, 0.1) is 0 Å². The number of aryl methyl sites for hydroxylation is 1. The standard InChI is InChI=1S/C13H14N6OS/c1-3-19-17-11(16-18-19)10-12(20)15-13(21-10)8-5-4-6-9(7-8)14-2/h4-7,14,20H,3H2,1-2H3. The van der Waals surface area contributed by atoms with Crippen molar-refractivity contribution in [1.29, 1.82) is 0 Å². The summed E-state index contributed by atoms with van der Waals surface area (Å²) < 4.78 is 0. The van der Waals surface area contributed by atoms with E-state index < -0.39 is 0 Å². The highest BCUT2D eigenvalue weighted by molar-refractivity contribution is 7.18. The van der Waals surface area contributed by atoms with Crippen LogP contribution in [0.3, 0.4) is 0 Å². The van der Waals surface area contributed by atoms with Crippen molar-refractivity contribution in [1.82, 2.24) is 25.2 Å². The zero-order valence-corrected chi connectivity index (χ0v) is 12.4. The fourth-order valence-corrected chi connectivity index (χ4v) is 2.74. The number of tetrazole rings is 1. The van der Waals surface area contributed by atoms with Crippen LogP contribution in [0.4, 0.5) is 5.69 Å². The third kappa shape index (κ3) is 2.57. The maximum absolute atomic E-state index is 10.0. The number of benzene rings is 1. The van der Waals surface area contributed by atoms with Gasteiger partial charge in [0, 0.05) is 18.3 Å². The predicted octanol–water partition coefficient (Wildman–Crippen LogP) is 2.23. The van der Waals surface area contributed by atoms with Crippen LogP contribution in [0.2, 0.25) is 0 Å². The summed E-state index contributed by atoms with van der Waals surface area (Å²) in [5.41, 5.74) is 1.91. The summed E-state index contributed by atoms with van der Waals surface area (Å²) in [5.74, 6) is 0.323. The van der Waals surface area contributed by atoms with Crippen LogP contribution in [0.15, 0.2) is 24.3 Å². The first kappa shape index (κ1) is 13.5. The summed E-state index contributed by atoms with van der Waals surface area (Å²) in [6, 6.07) is 7.81. The van der Waals surface area contributed by atoms with Gasteiger partial charge in [0.2, 0.25) is 11.7 Å². The summed E-state index contributed by atoms with van der Waals surface area (Å²) in [6.07, 6.45) is 0. The van der Waals surface area contributed by atoms with Crippen molar-refractivity contribution in [3.63, 3.8) is 0 Å². The molecule has 0 aliphatic heterocycles. The van der Waals surface area contributed by atoms with E-state index in [0.717, 1.165) is 11.3 Å². The second-order valence-corrected chi connectivity index (χ2v) is 5.30. The van der Waals surface area contributed by atoms with E-state index in [4.69, 9.17) is 0 Å². The number of rotatable bonds is 4. The highest BCUT2D eigenvalue weighted by Crippen LogP contribution is 2.37. The number of hydrogen-bond acceptors (Lipinski definition) is 7. The van der Waals surface area contributed by atoms with Crippen LogP contribution in [0.25, 0.3) is 21.3 Å². The van der Waals surface area contributed by atoms with Crippen LogP contribution in [-0.2, 0) is 6.54 Å². The number of nitrogens with zero attached hydrogens (tertiary/aromatic N) is 5. The molecule has 3 aromatic rings. The molecule has 2 heterocycles. The summed E-state index contributed by atoms with van der Waals surface area (Å²) in [5, 5.41) is 25.8. The minimum absolute atomic E-state index is 0.0690. The normalized spacial score (nSPS) is 10.8. The van der Waals surface area contributed by atoms with E-state index in [2.05, 4.69) is 25.7 Å². The molecule has 0 amide bonds. The number of thiazole rings is 1. The number of nitrogens with one attached hydrogen (secondary N) is 1. The average Bonchev–Trinajstić information content (AvgIpc) is 3.13. The zero-order chi connectivity index (χ0) is 14.8. The van der Waals surface area contributed by atoms with Crippen molar-refractivity contribution in [2.45, 2.75) is 13.5 Å². The highest BCUT2D eigenvalue weighted by atomic mass is 32.1. The minimum Gasteiger partial charge on any atom is -0.492 e. The maximum Gasteiger partial charge on any atom is 0.234 e. The van der Waals surface area contributed by atoms with Crippen molar-refractivity contribution in [3.05, 3.63) is 24.3 Å². The summed E-state index contributed by atoms with van der Waals surface area (Å²) in [4.78, 5) is 6.19. The second kappa shape index (κ2) is 5.49. The zero-order valence-electron chi connectivity index (χ0n) is 11.6. The number of anilines is 1. The van der Waals surface area contributed by atoms with E-state index in [1.54, 1.807) is 0 Å². The van der Waals surface area contributed by atoms with Gasteiger partial charge in [0.1, 0.15) is 9.88 Å². The van der Waals surface area contributed by atoms with Crippen LogP contribution >= 0.6 is 11.3 Å². The maximum atomic E-state index is 10.0. The van der Waals surface area contributed by atoms with Gasteiger partial charge in [-0.1, -0.05) is 12.1 Å². The Labute approximate surface area is 125 Å². The van der Waals surface area contributed by atoms with Gasteiger partial charge in [-0.05, 0) is 24.3 Å². The molecule has 0 aliphatic carbocycles. The Balaban J connectivity index is 2.00. The number of aromatic hydroxyl groups is 1. The summed E-state index contributed by atoms with van der Waals surface area (Å²) in [6.45, 7) is 2.55. The van der Waals surface area contributed by atoms with E-state index in [0.29, 0.717) is 22.3 Å². The van der Waals surface area contributed by atoms with Gasteiger partial charge in [-0.3, -0.25) is 0 Å². The first-order chi connectivity index (χ1) is 10.2. The van der Waals surface area contributed by atoms with Gasteiger partial charge in [-0.2, -0.15) is 4.80 Å². The Bertz CT molecular complexity index is 766. The third-order valence-corrected chi connectivity index (χ3v) is 4.04. The average molecular weight is 302 g/mol. The molecule has 0 spiro atoms. The van der Waals surface area contributed by atoms with Gasteiger partial charge in [0.15, 0.2) is 0 Å². The molecule has 2 N–H and O–H groups in total. The molecule has 0 unspecified atom stereocenters. The van der Waals surface area contributed by atoms with Crippen molar-refractivity contribution >= 4 is 17.0 Å². The Hall–Kier alpha value is -2.48. The molecule has 108 valence electrons. The Morgan fingerprint density at radius 1 is 1.38 bits per heavy atom. The van der Waals surface area contributed by atoms with Crippen LogP contribution in [-0.4, -0.2) is 37.3 Å². The van der Waals surface area contributed by atoms with E-state index in [1.165, 1.54) is 16.1 Å². The molecular weight excluding hydrogens is 288 g/mol. The largest absolute Gasteiger partial charge is 0.492 e. The monoisotopic (exact) mass is 302 g/mol. The highest BCUT2D eigenvalue weighted by Gasteiger charge is 2.17. The number of hydrogen-bond donors (Lipinski definition) is 2. The molecule has 3 rings (SSSR count). The van der Waals surface area contributed by atoms with Crippen molar-refractivity contribution in [3.8, 4) is 27.2 Å². The van der Waals surface area contributed by atoms with Gasteiger partial charge < -0.3 is 10.4 Å². The fourth-order valence-electron chi connectivity index (χ4n) is 1.86. The van der Waals surface area contributed by atoms with E-state index in [1.807, 2.05) is 38.2 Å². The molecule has 0 radical (unpaired) electrons. The van der Waals surface area contributed by atoms with Crippen molar-refractivity contribution < 1.29 is 5.11 Å². The first-order valence-electron chi connectivity index (χ1n) is 6.47. The summed E-state index contributed by atoms with van der Waals surface area (Å²) in [7, 11) is 1.86. The third-order valence-electron chi connectivity index (χ3n) is 2.95. The van der Waals surface area contributed by atoms with Gasteiger partial charge in [-0.25, -0.2) is 4.98 Å². The molecule has 2 aromatic heterocycles. The van der Waals surface area contributed by atoms with Crippen LogP contribution < -0.4 is 5.32 Å². The molecule has 0 fully saturated rings. The SMILES string of the molecule is CCn1nnc(-c2sc(-c3cccc(NC)c3)nc2O)n1. The molecule has 0 aliphatic rings. The molecular formula is C13H14N6OS. The van der Waals surface area contributed by atoms with Crippen LogP contribution in [0.1, 0.15) is 6.92 Å². The van der Waals surface area contributed by atoms with Gasteiger partial charge in [-0.15, -0.1) is 21.5 Å². The lowest BCUT2D eigenvalue weighted by Gasteiger charge is -2.01. The molecule has 7 nitrogen and oxygen atoms in total. The number of aromatic nitrogens is 5. The quantitative estimate of drug-likeness (QED) is 0.768. The predicted molar refractivity (Wildman–Crippen MR) is 81.2 cm³/mol. The summed E-state index contributed by atoms with van der Waals surface area (Å²) >= 11 is 1.34.